The van der Waals surface area contributed by atoms with Crippen LogP contribution in [-0.4, -0.2) is 24.3 Å². The van der Waals surface area contributed by atoms with Crippen molar-refractivity contribution in [1.82, 2.24) is 10.3 Å². The molecule has 0 saturated carbocycles. The molecule has 2 aromatic rings. The number of thioether (sulfide) groups is 1. The molecule has 0 aliphatic rings. The standard InChI is InChI=1S/C15H16N2O2S/c1-19-14-8-7-11(9-16-14)10-17-15(18)12-5-3-4-6-13(12)20-2/h3-9H,10H2,1-2H3,(H,17,18). The van der Waals surface area contributed by atoms with Gasteiger partial charge in [0.25, 0.3) is 5.91 Å². The first-order valence-electron chi connectivity index (χ1n) is 6.14. The normalized spacial score (nSPS) is 10.1. The van der Waals surface area contributed by atoms with Gasteiger partial charge in [-0.15, -0.1) is 11.8 Å². The molecule has 1 amide bonds. The molecule has 0 spiro atoms. The summed E-state index contributed by atoms with van der Waals surface area (Å²) in [5, 5.41) is 2.89. The molecule has 0 fully saturated rings. The summed E-state index contributed by atoms with van der Waals surface area (Å²) in [5.74, 6) is 0.485. The quantitative estimate of drug-likeness (QED) is 0.860. The van der Waals surface area contributed by atoms with E-state index in [-0.39, 0.29) is 5.91 Å². The first-order valence-corrected chi connectivity index (χ1v) is 7.37. The van der Waals surface area contributed by atoms with Gasteiger partial charge in [-0.05, 0) is 24.0 Å². The number of hydrogen-bond donors (Lipinski definition) is 1. The van der Waals surface area contributed by atoms with Crippen LogP contribution in [0.1, 0.15) is 15.9 Å². The van der Waals surface area contributed by atoms with Gasteiger partial charge >= 0.3 is 0 Å². The van der Waals surface area contributed by atoms with Crippen LogP contribution in [0.5, 0.6) is 5.88 Å². The van der Waals surface area contributed by atoms with Crippen LogP contribution in [0.2, 0.25) is 0 Å². The highest BCUT2D eigenvalue weighted by atomic mass is 32.2. The summed E-state index contributed by atoms with van der Waals surface area (Å²) in [7, 11) is 1.57. The first kappa shape index (κ1) is 14.4. The molecule has 4 nitrogen and oxygen atoms in total. The van der Waals surface area contributed by atoms with Crippen molar-refractivity contribution in [2.24, 2.45) is 0 Å². The number of carbonyl (C=O) groups is 1. The predicted molar refractivity (Wildman–Crippen MR) is 80.2 cm³/mol. The van der Waals surface area contributed by atoms with Gasteiger partial charge in [0.2, 0.25) is 5.88 Å². The largest absolute Gasteiger partial charge is 0.481 e. The summed E-state index contributed by atoms with van der Waals surface area (Å²) >= 11 is 1.56. The molecule has 1 heterocycles. The highest BCUT2D eigenvalue weighted by Gasteiger charge is 2.09. The van der Waals surface area contributed by atoms with E-state index in [2.05, 4.69) is 10.3 Å². The van der Waals surface area contributed by atoms with Crippen molar-refractivity contribution in [2.75, 3.05) is 13.4 Å². The van der Waals surface area contributed by atoms with E-state index in [9.17, 15) is 4.79 Å². The molecule has 1 aromatic carbocycles. The maximum atomic E-state index is 12.2. The molecular weight excluding hydrogens is 272 g/mol. The van der Waals surface area contributed by atoms with E-state index < -0.39 is 0 Å². The summed E-state index contributed by atoms with van der Waals surface area (Å²) < 4.78 is 4.99. The number of ether oxygens (including phenoxy) is 1. The van der Waals surface area contributed by atoms with E-state index in [1.165, 1.54) is 0 Å². The highest BCUT2D eigenvalue weighted by molar-refractivity contribution is 7.98. The van der Waals surface area contributed by atoms with E-state index in [1.807, 2.05) is 36.6 Å². The van der Waals surface area contributed by atoms with E-state index >= 15 is 0 Å². The van der Waals surface area contributed by atoms with Gasteiger partial charge < -0.3 is 10.1 Å². The molecule has 2 rings (SSSR count). The second kappa shape index (κ2) is 6.96. The van der Waals surface area contributed by atoms with Crippen LogP contribution >= 0.6 is 11.8 Å². The molecule has 5 heteroatoms. The Kier molecular flexibility index (Phi) is 5.01. The van der Waals surface area contributed by atoms with Crippen LogP contribution in [0.15, 0.2) is 47.5 Å². The topological polar surface area (TPSA) is 51.2 Å². The Bertz CT molecular complexity index is 585. The lowest BCUT2D eigenvalue weighted by Gasteiger charge is -2.08. The number of nitrogens with zero attached hydrogens (tertiary/aromatic N) is 1. The third-order valence-electron chi connectivity index (χ3n) is 2.81. The highest BCUT2D eigenvalue weighted by Crippen LogP contribution is 2.19. The van der Waals surface area contributed by atoms with Gasteiger partial charge in [0.15, 0.2) is 0 Å². The van der Waals surface area contributed by atoms with Crippen molar-refractivity contribution in [2.45, 2.75) is 11.4 Å². The number of nitrogens with one attached hydrogen (secondary N) is 1. The molecule has 0 atom stereocenters. The second-order valence-electron chi connectivity index (χ2n) is 4.09. The van der Waals surface area contributed by atoms with Gasteiger partial charge in [0.1, 0.15) is 0 Å². The molecule has 0 radical (unpaired) electrons. The molecule has 0 aliphatic carbocycles. The van der Waals surface area contributed by atoms with Gasteiger partial charge in [-0.2, -0.15) is 0 Å². The Labute approximate surface area is 122 Å². The molecule has 0 bridgehead atoms. The fraction of sp³-hybridized carbons (Fsp3) is 0.200. The van der Waals surface area contributed by atoms with Crippen LogP contribution < -0.4 is 10.1 Å². The van der Waals surface area contributed by atoms with E-state index in [0.717, 1.165) is 10.5 Å². The number of benzene rings is 1. The maximum Gasteiger partial charge on any atom is 0.252 e. The Hall–Kier alpha value is -2.01. The SMILES string of the molecule is COc1ccc(CNC(=O)c2ccccc2SC)cn1. The third kappa shape index (κ3) is 3.51. The minimum Gasteiger partial charge on any atom is -0.481 e. The number of hydrogen-bond acceptors (Lipinski definition) is 4. The molecule has 1 N–H and O–H groups in total. The van der Waals surface area contributed by atoms with E-state index in [1.54, 1.807) is 31.1 Å². The summed E-state index contributed by atoms with van der Waals surface area (Å²) in [6.45, 7) is 0.443. The van der Waals surface area contributed by atoms with Crippen molar-refractivity contribution in [3.05, 3.63) is 53.7 Å². The van der Waals surface area contributed by atoms with E-state index in [4.69, 9.17) is 4.74 Å². The maximum absolute atomic E-state index is 12.2. The molecule has 0 saturated heterocycles. The Morgan fingerprint density at radius 1 is 1.30 bits per heavy atom. The predicted octanol–water partition coefficient (Wildman–Crippen LogP) is 2.74. The number of amides is 1. The van der Waals surface area contributed by atoms with Crippen LogP contribution in [0.3, 0.4) is 0 Å². The van der Waals surface area contributed by atoms with Crippen LogP contribution in [-0.2, 0) is 6.54 Å². The minimum absolute atomic E-state index is 0.0780. The average Bonchev–Trinajstić information content (AvgIpc) is 2.53. The molecule has 104 valence electrons. The fourth-order valence-electron chi connectivity index (χ4n) is 1.75. The lowest BCUT2D eigenvalue weighted by molar-refractivity contribution is 0.0948. The van der Waals surface area contributed by atoms with Gasteiger partial charge in [-0.1, -0.05) is 18.2 Å². The Morgan fingerprint density at radius 2 is 2.10 bits per heavy atom. The summed E-state index contributed by atoms with van der Waals surface area (Å²) in [5.41, 5.74) is 1.63. The number of aromatic nitrogens is 1. The van der Waals surface area contributed by atoms with Crippen LogP contribution in [0.25, 0.3) is 0 Å². The zero-order valence-electron chi connectivity index (χ0n) is 11.4. The van der Waals surface area contributed by atoms with Gasteiger partial charge in [0.05, 0.1) is 12.7 Å². The number of methoxy groups -OCH3 is 1. The monoisotopic (exact) mass is 288 g/mol. The zero-order valence-corrected chi connectivity index (χ0v) is 12.2. The van der Waals surface area contributed by atoms with Gasteiger partial charge in [-0.3, -0.25) is 4.79 Å². The number of carbonyl (C=O) groups excluding carboxylic acids is 1. The Morgan fingerprint density at radius 3 is 2.75 bits per heavy atom. The summed E-state index contributed by atoms with van der Waals surface area (Å²) in [6, 6.07) is 11.2. The molecule has 1 aromatic heterocycles. The zero-order chi connectivity index (χ0) is 14.4. The lowest BCUT2D eigenvalue weighted by atomic mass is 10.2. The molecule has 0 aliphatic heterocycles. The molecular formula is C15H16N2O2S. The second-order valence-corrected chi connectivity index (χ2v) is 4.94. The first-order chi connectivity index (χ1) is 9.74. The average molecular weight is 288 g/mol. The van der Waals surface area contributed by atoms with E-state index in [0.29, 0.717) is 18.0 Å². The van der Waals surface area contributed by atoms with Crippen molar-refractivity contribution >= 4 is 17.7 Å². The summed E-state index contributed by atoms with van der Waals surface area (Å²) in [6.07, 6.45) is 3.65. The van der Waals surface area contributed by atoms with Crippen LogP contribution in [0, 0.1) is 0 Å². The van der Waals surface area contributed by atoms with Gasteiger partial charge in [-0.25, -0.2) is 4.98 Å². The lowest BCUT2D eigenvalue weighted by Crippen LogP contribution is -2.23. The van der Waals surface area contributed by atoms with Gasteiger partial charge in [0, 0.05) is 23.7 Å². The number of pyridine rings is 1. The van der Waals surface area contributed by atoms with Crippen LogP contribution in [0.4, 0.5) is 0 Å². The number of rotatable bonds is 5. The van der Waals surface area contributed by atoms with Crippen molar-refractivity contribution in [3.63, 3.8) is 0 Å². The smallest absolute Gasteiger partial charge is 0.252 e. The third-order valence-corrected chi connectivity index (χ3v) is 3.61. The van der Waals surface area contributed by atoms with Crippen molar-refractivity contribution in [1.29, 1.82) is 0 Å². The van der Waals surface area contributed by atoms with Crippen molar-refractivity contribution in [3.8, 4) is 5.88 Å². The summed E-state index contributed by atoms with van der Waals surface area (Å²) in [4.78, 5) is 17.2. The Balaban J connectivity index is 2.01. The molecule has 0 unspecified atom stereocenters. The van der Waals surface area contributed by atoms with Crippen molar-refractivity contribution < 1.29 is 9.53 Å². The fourth-order valence-corrected chi connectivity index (χ4v) is 2.34. The molecule has 20 heavy (non-hydrogen) atoms. The minimum atomic E-state index is -0.0780.